The zero-order valence-corrected chi connectivity index (χ0v) is 61.2. The Bertz CT molecular complexity index is 2250. The molecular weight excluding hydrogens is 1260 g/mol. The number of carbonyl (C=O) groups excluding carboxylic acids is 7. The fourth-order valence-corrected chi connectivity index (χ4v) is 11.8. The summed E-state index contributed by atoms with van der Waals surface area (Å²) in [6, 6.07) is 3.30. The number of nitrogens with one attached hydrogen (secondary N) is 6. The van der Waals surface area contributed by atoms with Crippen LogP contribution in [0.25, 0.3) is 0 Å². The Balaban J connectivity index is 1.70. The minimum Gasteiger partial charge on any atom is -0.481 e. The highest BCUT2D eigenvalue weighted by Crippen LogP contribution is 2.17. The lowest BCUT2D eigenvalue weighted by molar-refractivity contribution is -0.141. The molecular formula is C75H134N10O14. The molecule has 0 aliphatic carbocycles. The van der Waals surface area contributed by atoms with Crippen molar-refractivity contribution in [2.75, 3.05) is 98.8 Å². The van der Waals surface area contributed by atoms with Gasteiger partial charge >= 0.3 is 5.97 Å². The van der Waals surface area contributed by atoms with Gasteiger partial charge in [-0.25, -0.2) is 0 Å². The van der Waals surface area contributed by atoms with Crippen molar-refractivity contribution < 1.29 is 67.1 Å². The number of ether oxygens (including phenoxy) is 5. The number of hydrogen-bond acceptors (Lipinski definition) is 14. The second kappa shape index (κ2) is 63.0. The summed E-state index contributed by atoms with van der Waals surface area (Å²) in [5.74, 6) is -6.00. The van der Waals surface area contributed by atoms with E-state index < -0.39 is 72.6 Å². The molecule has 0 unspecified atom stereocenters. The average molecular weight is 1400 g/mol. The molecule has 99 heavy (non-hydrogen) atoms. The Morgan fingerprint density at radius 2 is 0.869 bits per heavy atom. The van der Waals surface area contributed by atoms with Crippen LogP contribution in [0.3, 0.4) is 0 Å². The van der Waals surface area contributed by atoms with E-state index in [1.54, 1.807) is 30.3 Å². The highest BCUT2D eigenvalue weighted by atomic mass is 16.6. The van der Waals surface area contributed by atoms with Crippen LogP contribution in [0.15, 0.2) is 35.3 Å². The molecule has 24 nitrogen and oxygen atoms in total. The Kier molecular flexibility index (Phi) is 56.7. The van der Waals surface area contributed by atoms with Crippen molar-refractivity contribution in [3.05, 3.63) is 35.9 Å². The summed E-state index contributed by atoms with van der Waals surface area (Å²) in [5, 5.41) is 25.0. The quantitative estimate of drug-likeness (QED) is 0.0166. The van der Waals surface area contributed by atoms with Crippen molar-refractivity contribution in [1.29, 1.82) is 0 Å². The van der Waals surface area contributed by atoms with Gasteiger partial charge in [0, 0.05) is 32.6 Å². The first-order valence-corrected chi connectivity index (χ1v) is 38.5. The third kappa shape index (κ3) is 51.8. The lowest BCUT2D eigenvalue weighted by Crippen LogP contribution is -2.58. The van der Waals surface area contributed by atoms with E-state index in [4.69, 9.17) is 35.2 Å². The van der Waals surface area contributed by atoms with Crippen molar-refractivity contribution in [3.63, 3.8) is 0 Å². The van der Waals surface area contributed by atoms with E-state index in [1.165, 1.54) is 180 Å². The van der Waals surface area contributed by atoms with Gasteiger partial charge in [-0.05, 0) is 50.5 Å². The minimum atomic E-state index is -1.61. The summed E-state index contributed by atoms with van der Waals surface area (Å²) in [6.07, 6.45) is 42.5. The van der Waals surface area contributed by atoms with Crippen molar-refractivity contribution in [3.8, 4) is 0 Å². The molecule has 0 aromatic heterocycles. The number of rotatable bonds is 63. The molecule has 0 saturated carbocycles. The second-order valence-electron chi connectivity index (χ2n) is 26.5. The molecule has 1 saturated heterocycles. The molecule has 1 heterocycles. The number of aliphatic imine (C=N–C) groups is 1. The smallest absolute Gasteiger partial charge is 0.305 e. The maximum atomic E-state index is 14.1. The van der Waals surface area contributed by atoms with Crippen LogP contribution in [0.5, 0.6) is 0 Å². The number of aliphatic carboxylic acids is 1. The average Bonchev–Trinajstić information content (AvgIpc) is 1.74. The minimum absolute atomic E-state index is 0.0295. The summed E-state index contributed by atoms with van der Waals surface area (Å²) >= 11 is 0. The van der Waals surface area contributed by atoms with Gasteiger partial charge in [-0.1, -0.05) is 237 Å². The van der Waals surface area contributed by atoms with Gasteiger partial charge in [0.25, 0.3) is 0 Å². The van der Waals surface area contributed by atoms with Crippen molar-refractivity contribution in [2.24, 2.45) is 16.5 Å². The zero-order valence-electron chi connectivity index (χ0n) is 61.2. The topological polar surface area (TPSA) is 343 Å². The maximum absolute atomic E-state index is 14.1. The van der Waals surface area contributed by atoms with Crippen LogP contribution in [0.2, 0.25) is 0 Å². The summed E-state index contributed by atoms with van der Waals surface area (Å²) < 4.78 is 28.2. The molecule has 0 spiro atoms. The first-order valence-electron chi connectivity index (χ1n) is 38.5. The standard InChI is InChI=1S/C75H134N10O14/c1-3-5-7-9-11-13-15-17-19-21-23-25-27-29-31-38-47-85(48-39-32-30-28-26-24-22-20-18-16-14-12-10-8-6-4-2)69(88)61-99-56-54-97-52-50-95-49-51-96-53-55-98-60-68(87)78-45-37-36-43-64-72(92)82-63(44-40-46-79-75(76)77)71(91)80-59-67(86)81-66(58-70(89)90)74(94)84-65(73(93)83-64)57-62-41-34-33-35-42-62/h33-35,41-42,63-66H,3-32,36-40,43-61H2,1-2H3,(H,78,87)(H,80,91)(H,81,86)(H,82,92)(H,83,93)(H,84,94)(H,89,90)(H4,76,77,79)/t63-,64-,65+,66-/m0/s1. The van der Waals surface area contributed by atoms with Crippen LogP contribution in [0, 0.1) is 0 Å². The maximum Gasteiger partial charge on any atom is 0.305 e. The number of nitrogens with two attached hydrogens (primary N) is 2. The molecule has 4 atom stereocenters. The lowest BCUT2D eigenvalue weighted by Gasteiger charge is -2.26. The Labute approximate surface area is 594 Å². The molecule has 0 bridgehead atoms. The molecule has 568 valence electrons. The van der Waals surface area contributed by atoms with E-state index in [0.717, 1.165) is 38.8 Å². The number of carboxylic acids is 1. The SMILES string of the molecule is CCCCCCCCCCCCCCCCCCN(CCCCCCCCCCCCCCCCCC)C(=O)COCCOCCOCCOCCOCC(=O)NCCCC[C@@H]1NC(=O)[C@@H](Cc2ccccc2)NC(=O)[C@H](CC(=O)O)NC(=O)CNC(=O)[C@H](CCCN=C(N)N)NC1=O. The molecule has 1 aliphatic rings. The summed E-state index contributed by atoms with van der Waals surface area (Å²) in [6.45, 7) is 8.13. The zero-order chi connectivity index (χ0) is 71.9. The Hall–Kier alpha value is -5.95. The number of carbonyl (C=O) groups is 8. The highest BCUT2D eigenvalue weighted by molar-refractivity contribution is 5.98. The fraction of sp³-hybridized carbons (Fsp3) is 0.800. The number of guanidine groups is 1. The number of carboxylic acid groups (broad SMARTS) is 1. The van der Waals surface area contributed by atoms with Gasteiger partial charge in [0.1, 0.15) is 37.4 Å². The van der Waals surface area contributed by atoms with Gasteiger partial charge in [0.2, 0.25) is 41.4 Å². The molecule has 2 rings (SSSR count). The van der Waals surface area contributed by atoms with Crippen LogP contribution < -0.4 is 43.4 Å². The number of benzene rings is 1. The van der Waals surface area contributed by atoms with Crippen molar-refractivity contribution in [2.45, 2.75) is 288 Å². The number of nitrogens with zero attached hydrogens (tertiary/aromatic N) is 2. The van der Waals surface area contributed by atoms with Crippen LogP contribution in [0.4, 0.5) is 0 Å². The van der Waals surface area contributed by atoms with E-state index in [0.29, 0.717) is 58.0 Å². The predicted molar refractivity (Wildman–Crippen MR) is 390 cm³/mol. The van der Waals surface area contributed by atoms with E-state index in [-0.39, 0.29) is 83.0 Å². The lowest BCUT2D eigenvalue weighted by atomic mass is 10.0. The summed E-state index contributed by atoms with van der Waals surface area (Å²) in [4.78, 5) is 112. The molecule has 24 heteroatoms. The van der Waals surface area contributed by atoms with Gasteiger partial charge < -0.3 is 77.1 Å². The van der Waals surface area contributed by atoms with Gasteiger partial charge in [0.05, 0.1) is 65.8 Å². The Morgan fingerprint density at radius 1 is 0.475 bits per heavy atom. The summed E-state index contributed by atoms with van der Waals surface area (Å²) in [5.41, 5.74) is 11.6. The van der Waals surface area contributed by atoms with Gasteiger partial charge in [0.15, 0.2) is 5.96 Å². The van der Waals surface area contributed by atoms with Crippen LogP contribution >= 0.6 is 0 Å². The van der Waals surface area contributed by atoms with E-state index in [1.807, 2.05) is 4.90 Å². The number of amides is 7. The first-order chi connectivity index (χ1) is 48.2. The normalized spacial score (nSPS) is 16.2. The van der Waals surface area contributed by atoms with Crippen LogP contribution in [-0.4, -0.2) is 186 Å². The molecule has 1 fully saturated rings. The monoisotopic (exact) mass is 1400 g/mol. The van der Waals surface area contributed by atoms with Crippen LogP contribution in [0.1, 0.15) is 263 Å². The van der Waals surface area contributed by atoms with Gasteiger partial charge in [-0.3, -0.25) is 43.3 Å². The highest BCUT2D eigenvalue weighted by Gasteiger charge is 2.33. The van der Waals surface area contributed by atoms with Crippen LogP contribution in [-0.2, 0) is 68.5 Å². The first kappa shape index (κ1) is 89.1. The molecule has 0 radical (unpaired) electrons. The molecule has 1 aromatic carbocycles. The Morgan fingerprint density at radius 3 is 1.32 bits per heavy atom. The third-order valence-corrected chi connectivity index (χ3v) is 17.7. The molecule has 1 aliphatic heterocycles. The van der Waals surface area contributed by atoms with E-state index in [9.17, 15) is 43.5 Å². The third-order valence-electron chi connectivity index (χ3n) is 17.7. The largest absolute Gasteiger partial charge is 0.481 e. The van der Waals surface area contributed by atoms with Crippen molar-refractivity contribution >= 4 is 53.3 Å². The van der Waals surface area contributed by atoms with Gasteiger partial charge in [-0.15, -0.1) is 0 Å². The van der Waals surface area contributed by atoms with E-state index >= 15 is 0 Å². The molecule has 1 aromatic rings. The van der Waals surface area contributed by atoms with E-state index in [2.05, 4.69) is 50.7 Å². The number of unbranched alkanes of at least 4 members (excludes halogenated alkanes) is 31. The van der Waals surface area contributed by atoms with Gasteiger partial charge in [-0.2, -0.15) is 0 Å². The molecule has 7 amide bonds. The van der Waals surface area contributed by atoms with Crippen molar-refractivity contribution in [1.82, 2.24) is 36.8 Å². The second-order valence-corrected chi connectivity index (χ2v) is 26.5. The number of hydrogen-bond donors (Lipinski definition) is 9. The molecule has 11 N–H and O–H groups in total. The fourth-order valence-electron chi connectivity index (χ4n) is 11.8. The predicted octanol–water partition coefficient (Wildman–Crippen LogP) is 9.55. The summed E-state index contributed by atoms with van der Waals surface area (Å²) in [7, 11) is 0.